The van der Waals surface area contributed by atoms with E-state index >= 15 is 0 Å². The second-order valence-electron chi connectivity index (χ2n) is 5.97. The summed E-state index contributed by atoms with van der Waals surface area (Å²) in [6, 6.07) is 9.56. The Morgan fingerprint density at radius 3 is 2.30 bits per heavy atom. The van der Waals surface area contributed by atoms with Gasteiger partial charge in [0.25, 0.3) is 0 Å². The van der Waals surface area contributed by atoms with Crippen LogP contribution in [0.4, 0.5) is 5.69 Å². The highest BCUT2D eigenvalue weighted by Gasteiger charge is 2.26. The largest absolute Gasteiger partial charge is 0.342 e. The molecular weight excluding hydrogens is 290 g/mol. The Hall–Kier alpha value is -1.88. The first-order chi connectivity index (χ1) is 11.1. The van der Waals surface area contributed by atoms with Gasteiger partial charge in [0.1, 0.15) is 0 Å². The van der Waals surface area contributed by atoms with Crippen LogP contribution >= 0.6 is 0 Å². The van der Waals surface area contributed by atoms with Gasteiger partial charge in [0.2, 0.25) is 11.8 Å². The molecule has 5 heteroatoms. The van der Waals surface area contributed by atoms with E-state index in [9.17, 15) is 9.59 Å². The maximum absolute atomic E-state index is 12.3. The van der Waals surface area contributed by atoms with E-state index in [1.807, 2.05) is 49.1 Å². The number of piperidine rings is 1. The molecule has 2 amide bonds. The average molecular weight is 317 g/mol. The van der Waals surface area contributed by atoms with Crippen molar-refractivity contribution in [2.45, 2.75) is 26.7 Å². The smallest absolute Gasteiger partial charge is 0.236 e. The molecular formula is C18H27N3O2. The van der Waals surface area contributed by atoms with E-state index in [-0.39, 0.29) is 17.7 Å². The number of hydrogen-bond acceptors (Lipinski definition) is 3. The van der Waals surface area contributed by atoms with Gasteiger partial charge < -0.3 is 10.2 Å². The Labute approximate surface area is 138 Å². The first-order valence-corrected chi connectivity index (χ1v) is 8.50. The molecule has 1 heterocycles. The number of anilines is 1. The third-order valence-corrected chi connectivity index (χ3v) is 4.47. The monoisotopic (exact) mass is 317 g/mol. The molecule has 23 heavy (non-hydrogen) atoms. The first-order valence-electron chi connectivity index (χ1n) is 8.50. The van der Waals surface area contributed by atoms with Gasteiger partial charge >= 0.3 is 0 Å². The number of nitrogens with one attached hydrogen (secondary N) is 1. The Morgan fingerprint density at radius 2 is 1.74 bits per heavy atom. The van der Waals surface area contributed by atoms with E-state index < -0.39 is 0 Å². The zero-order valence-corrected chi connectivity index (χ0v) is 14.1. The number of rotatable bonds is 6. The molecule has 0 aromatic heterocycles. The SMILES string of the molecule is CCN(CC)C(=O)CN1CCC(C(=O)Nc2ccccc2)CC1. The van der Waals surface area contributed by atoms with Crippen LogP contribution < -0.4 is 5.32 Å². The van der Waals surface area contributed by atoms with E-state index in [1.165, 1.54) is 0 Å². The minimum atomic E-state index is 0.0370. The van der Waals surface area contributed by atoms with Crippen LogP contribution in [-0.4, -0.2) is 54.3 Å². The van der Waals surface area contributed by atoms with Gasteiger partial charge in [-0.2, -0.15) is 0 Å². The van der Waals surface area contributed by atoms with Crippen LogP contribution in [0.5, 0.6) is 0 Å². The lowest BCUT2D eigenvalue weighted by atomic mass is 9.95. The average Bonchev–Trinajstić information content (AvgIpc) is 2.57. The van der Waals surface area contributed by atoms with Crippen molar-refractivity contribution in [1.29, 1.82) is 0 Å². The summed E-state index contributed by atoms with van der Waals surface area (Å²) in [5.41, 5.74) is 0.844. The first kappa shape index (κ1) is 17.5. The third-order valence-electron chi connectivity index (χ3n) is 4.47. The fraction of sp³-hybridized carbons (Fsp3) is 0.556. The van der Waals surface area contributed by atoms with Crippen LogP contribution in [0.3, 0.4) is 0 Å². The van der Waals surface area contributed by atoms with Gasteiger partial charge in [-0.05, 0) is 51.9 Å². The summed E-state index contributed by atoms with van der Waals surface area (Å²) in [5.74, 6) is 0.308. The molecule has 1 aliphatic rings. The van der Waals surface area contributed by atoms with Crippen LogP contribution in [0.15, 0.2) is 30.3 Å². The van der Waals surface area contributed by atoms with Crippen LogP contribution in [0, 0.1) is 5.92 Å². The van der Waals surface area contributed by atoms with Crippen molar-refractivity contribution in [2.24, 2.45) is 5.92 Å². The highest BCUT2D eigenvalue weighted by Crippen LogP contribution is 2.19. The predicted molar refractivity (Wildman–Crippen MR) is 92.2 cm³/mol. The molecule has 1 saturated heterocycles. The topological polar surface area (TPSA) is 52.7 Å². The van der Waals surface area contributed by atoms with Crippen LogP contribution in [-0.2, 0) is 9.59 Å². The minimum Gasteiger partial charge on any atom is -0.342 e. The predicted octanol–water partition coefficient (Wildman–Crippen LogP) is 2.21. The quantitative estimate of drug-likeness (QED) is 0.875. The number of hydrogen-bond donors (Lipinski definition) is 1. The molecule has 0 unspecified atom stereocenters. The highest BCUT2D eigenvalue weighted by molar-refractivity contribution is 5.92. The van der Waals surface area contributed by atoms with Crippen molar-refractivity contribution in [2.75, 3.05) is 38.0 Å². The standard InChI is InChI=1S/C18H27N3O2/c1-3-21(4-2)17(22)14-20-12-10-15(11-13-20)18(23)19-16-8-6-5-7-9-16/h5-9,15H,3-4,10-14H2,1-2H3,(H,19,23). The summed E-state index contributed by atoms with van der Waals surface area (Å²) in [6.45, 7) is 7.59. The molecule has 0 saturated carbocycles. The maximum Gasteiger partial charge on any atom is 0.236 e. The van der Waals surface area contributed by atoms with Gasteiger partial charge in [-0.25, -0.2) is 0 Å². The number of nitrogens with zero attached hydrogens (tertiary/aromatic N) is 2. The molecule has 0 bridgehead atoms. The number of likely N-dealkylation sites (N-methyl/N-ethyl adjacent to an activating group) is 1. The highest BCUT2D eigenvalue weighted by atomic mass is 16.2. The molecule has 126 valence electrons. The zero-order chi connectivity index (χ0) is 16.7. The second-order valence-corrected chi connectivity index (χ2v) is 5.97. The zero-order valence-electron chi connectivity index (χ0n) is 14.1. The lowest BCUT2D eigenvalue weighted by Crippen LogP contribution is -2.44. The van der Waals surface area contributed by atoms with Crippen molar-refractivity contribution in [3.63, 3.8) is 0 Å². The Balaban J connectivity index is 1.77. The number of carbonyl (C=O) groups excluding carboxylic acids is 2. The van der Waals surface area contributed by atoms with E-state index in [2.05, 4.69) is 10.2 Å². The number of carbonyl (C=O) groups is 2. The Kier molecular flexibility index (Phi) is 6.59. The summed E-state index contributed by atoms with van der Waals surface area (Å²) in [4.78, 5) is 28.4. The number of benzene rings is 1. The minimum absolute atomic E-state index is 0.0370. The third kappa shape index (κ3) is 5.06. The summed E-state index contributed by atoms with van der Waals surface area (Å²) >= 11 is 0. The molecule has 1 N–H and O–H groups in total. The maximum atomic E-state index is 12.3. The summed E-state index contributed by atoms with van der Waals surface area (Å²) < 4.78 is 0. The normalized spacial score (nSPS) is 16.1. The summed E-state index contributed by atoms with van der Waals surface area (Å²) in [6.07, 6.45) is 1.62. The Bertz CT molecular complexity index is 506. The van der Waals surface area contributed by atoms with E-state index in [0.717, 1.165) is 44.7 Å². The van der Waals surface area contributed by atoms with Crippen molar-refractivity contribution < 1.29 is 9.59 Å². The number of para-hydroxylation sites is 1. The van der Waals surface area contributed by atoms with E-state index in [1.54, 1.807) is 0 Å². The lowest BCUT2D eigenvalue weighted by molar-refractivity contribution is -0.132. The van der Waals surface area contributed by atoms with Crippen molar-refractivity contribution in [3.8, 4) is 0 Å². The molecule has 1 aromatic rings. The fourth-order valence-corrected chi connectivity index (χ4v) is 2.99. The fourth-order valence-electron chi connectivity index (χ4n) is 2.99. The Morgan fingerprint density at radius 1 is 1.13 bits per heavy atom. The molecule has 1 fully saturated rings. The van der Waals surface area contributed by atoms with Crippen molar-refractivity contribution >= 4 is 17.5 Å². The van der Waals surface area contributed by atoms with E-state index in [0.29, 0.717) is 6.54 Å². The van der Waals surface area contributed by atoms with Crippen molar-refractivity contribution in [3.05, 3.63) is 30.3 Å². The summed E-state index contributed by atoms with van der Waals surface area (Å²) in [5, 5.41) is 2.97. The number of amides is 2. The lowest BCUT2D eigenvalue weighted by Gasteiger charge is -2.32. The van der Waals surface area contributed by atoms with E-state index in [4.69, 9.17) is 0 Å². The van der Waals surface area contributed by atoms with Crippen LogP contribution in [0.2, 0.25) is 0 Å². The molecule has 1 aliphatic heterocycles. The second kappa shape index (κ2) is 8.67. The van der Waals surface area contributed by atoms with Gasteiger partial charge in [-0.15, -0.1) is 0 Å². The van der Waals surface area contributed by atoms with Crippen LogP contribution in [0.25, 0.3) is 0 Å². The van der Waals surface area contributed by atoms with Gasteiger partial charge in [0.05, 0.1) is 6.54 Å². The number of likely N-dealkylation sites (tertiary alicyclic amines) is 1. The van der Waals surface area contributed by atoms with Gasteiger partial charge in [-0.1, -0.05) is 18.2 Å². The summed E-state index contributed by atoms with van der Waals surface area (Å²) in [7, 11) is 0. The molecule has 5 nitrogen and oxygen atoms in total. The molecule has 1 aromatic carbocycles. The molecule has 0 atom stereocenters. The van der Waals surface area contributed by atoms with Crippen molar-refractivity contribution in [1.82, 2.24) is 9.80 Å². The molecule has 0 spiro atoms. The molecule has 0 radical (unpaired) electrons. The molecule has 0 aliphatic carbocycles. The molecule has 2 rings (SSSR count). The van der Waals surface area contributed by atoms with Gasteiger partial charge in [-0.3, -0.25) is 14.5 Å². The van der Waals surface area contributed by atoms with Crippen LogP contribution in [0.1, 0.15) is 26.7 Å². The van der Waals surface area contributed by atoms with Gasteiger partial charge in [0.15, 0.2) is 0 Å². The van der Waals surface area contributed by atoms with Gasteiger partial charge in [0, 0.05) is 24.7 Å².